The van der Waals surface area contributed by atoms with Crippen LogP contribution in [0.4, 0.5) is 10.5 Å². The number of amides is 2. The van der Waals surface area contributed by atoms with Gasteiger partial charge in [0.1, 0.15) is 5.75 Å². The second kappa shape index (κ2) is 7.67. The van der Waals surface area contributed by atoms with Gasteiger partial charge < -0.3 is 15.4 Å². The number of ether oxygens (including phenoxy) is 1. The fourth-order valence-corrected chi connectivity index (χ4v) is 2.55. The molecule has 23 heavy (non-hydrogen) atoms. The van der Waals surface area contributed by atoms with Crippen LogP contribution in [0.5, 0.6) is 5.75 Å². The Morgan fingerprint density at radius 1 is 1.26 bits per heavy atom. The molecule has 6 heteroatoms. The Hall–Kier alpha value is -2.50. The van der Waals surface area contributed by atoms with Crippen LogP contribution >= 0.6 is 0 Å². The summed E-state index contributed by atoms with van der Waals surface area (Å²) >= 11 is 0. The number of carbonyl (C=O) groups excluding carboxylic acids is 1. The van der Waals surface area contributed by atoms with Crippen LogP contribution < -0.4 is 15.4 Å². The maximum atomic E-state index is 11.9. The summed E-state index contributed by atoms with van der Waals surface area (Å²) in [6.45, 7) is 7.57. The maximum absolute atomic E-state index is 11.9. The molecular formula is C17H24N4O2. The van der Waals surface area contributed by atoms with E-state index in [2.05, 4.69) is 29.6 Å². The zero-order chi connectivity index (χ0) is 16.8. The average molecular weight is 316 g/mol. The predicted octanol–water partition coefficient (Wildman–Crippen LogP) is 2.89. The van der Waals surface area contributed by atoms with Gasteiger partial charge in [0.25, 0.3) is 0 Å². The van der Waals surface area contributed by atoms with E-state index in [1.807, 2.05) is 23.7 Å². The van der Waals surface area contributed by atoms with Gasteiger partial charge in [0.05, 0.1) is 12.8 Å². The highest BCUT2D eigenvalue weighted by Crippen LogP contribution is 2.15. The largest absolute Gasteiger partial charge is 0.497 e. The number of methoxy groups -OCH3 is 1. The molecule has 2 amide bonds. The molecular weight excluding hydrogens is 292 g/mol. The third-order valence-corrected chi connectivity index (χ3v) is 3.84. The average Bonchev–Trinajstić information content (AvgIpc) is 2.83. The Kier molecular flexibility index (Phi) is 5.62. The first-order valence-corrected chi connectivity index (χ1v) is 7.77. The highest BCUT2D eigenvalue weighted by atomic mass is 16.5. The zero-order valence-corrected chi connectivity index (χ0v) is 14.1. The molecule has 1 aromatic heterocycles. The molecule has 0 spiro atoms. The van der Waals surface area contributed by atoms with Gasteiger partial charge >= 0.3 is 6.03 Å². The smallest absolute Gasteiger partial charge is 0.319 e. The molecule has 1 heterocycles. The number of hydrogen-bond donors (Lipinski definition) is 2. The molecule has 0 aliphatic carbocycles. The summed E-state index contributed by atoms with van der Waals surface area (Å²) in [6, 6.07) is 7.01. The predicted molar refractivity (Wildman–Crippen MR) is 91.1 cm³/mol. The molecule has 0 saturated heterocycles. The van der Waals surface area contributed by atoms with E-state index in [1.54, 1.807) is 19.2 Å². The van der Waals surface area contributed by atoms with Crippen molar-refractivity contribution in [2.75, 3.05) is 19.0 Å². The van der Waals surface area contributed by atoms with Crippen LogP contribution in [0.1, 0.15) is 23.9 Å². The SMILES string of the molecule is CCn1nc(C)c(CCNC(=O)Nc2ccc(OC)cc2)c1C. The second-order valence-electron chi connectivity index (χ2n) is 5.32. The molecule has 2 aromatic rings. The van der Waals surface area contributed by atoms with Gasteiger partial charge in [-0.15, -0.1) is 0 Å². The van der Waals surface area contributed by atoms with Crippen LogP contribution in [0.15, 0.2) is 24.3 Å². The zero-order valence-electron chi connectivity index (χ0n) is 14.1. The van der Waals surface area contributed by atoms with Gasteiger partial charge in [-0.25, -0.2) is 4.79 Å². The molecule has 0 fully saturated rings. The Morgan fingerprint density at radius 3 is 2.52 bits per heavy atom. The lowest BCUT2D eigenvalue weighted by Gasteiger charge is -2.08. The molecule has 0 aliphatic heterocycles. The van der Waals surface area contributed by atoms with Crippen molar-refractivity contribution in [1.82, 2.24) is 15.1 Å². The standard InChI is InChI=1S/C17H24N4O2/c1-5-21-13(3)16(12(2)20-21)10-11-18-17(22)19-14-6-8-15(23-4)9-7-14/h6-9H,5,10-11H2,1-4H3,(H2,18,19,22). The van der Waals surface area contributed by atoms with E-state index < -0.39 is 0 Å². The van der Waals surface area contributed by atoms with Crippen molar-refractivity contribution >= 4 is 11.7 Å². The van der Waals surface area contributed by atoms with Crippen LogP contribution in [0.3, 0.4) is 0 Å². The molecule has 6 nitrogen and oxygen atoms in total. The van der Waals surface area contributed by atoms with E-state index in [9.17, 15) is 4.79 Å². The van der Waals surface area contributed by atoms with E-state index in [1.165, 1.54) is 11.3 Å². The fraction of sp³-hybridized carbons (Fsp3) is 0.412. The van der Waals surface area contributed by atoms with Crippen LogP contribution in [-0.2, 0) is 13.0 Å². The normalized spacial score (nSPS) is 10.4. The Labute approximate surface area is 136 Å². The number of hydrogen-bond acceptors (Lipinski definition) is 3. The lowest BCUT2D eigenvalue weighted by atomic mass is 10.1. The molecule has 0 aliphatic rings. The minimum Gasteiger partial charge on any atom is -0.497 e. The second-order valence-corrected chi connectivity index (χ2v) is 5.32. The summed E-state index contributed by atoms with van der Waals surface area (Å²) < 4.78 is 7.07. The molecule has 2 N–H and O–H groups in total. The minimum atomic E-state index is -0.214. The summed E-state index contributed by atoms with van der Waals surface area (Å²) in [7, 11) is 1.61. The Morgan fingerprint density at radius 2 is 1.96 bits per heavy atom. The number of benzene rings is 1. The van der Waals surface area contributed by atoms with E-state index >= 15 is 0 Å². The van der Waals surface area contributed by atoms with Gasteiger partial charge in [0.2, 0.25) is 0 Å². The number of nitrogens with zero attached hydrogens (tertiary/aromatic N) is 2. The van der Waals surface area contributed by atoms with Crippen molar-refractivity contribution < 1.29 is 9.53 Å². The summed E-state index contributed by atoms with van der Waals surface area (Å²) in [4.78, 5) is 11.9. The number of aryl methyl sites for hydroxylation is 2. The summed E-state index contributed by atoms with van der Waals surface area (Å²) in [5, 5.41) is 10.2. The first-order valence-electron chi connectivity index (χ1n) is 7.77. The lowest BCUT2D eigenvalue weighted by molar-refractivity contribution is 0.252. The topological polar surface area (TPSA) is 68.2 Å². The Balaban J connectivity index is 1.84. The highest BCUT2D eigenvalue weighted by molar-refractivity contribution is 5.89. The molecule has 0 saturated carbocycles. The van der Waals surface area contributed by atoms with Crippen LogP contribution in [-0.4, -0.2) is 29.5 Å². The lowest BCUT2D eigenvalue weighted by Crippen LogP contribution is -2.30. The van der Waals surface area contributed by atoms with Crippen LogP contribution in [0.25, 0.3) is 0 Å². The van der Waals surface area contributed by atoms with Gasteiger partial charge in [-0.05, 0) is 57.0 Å². The first-order chi connectivity index (χ1) is 11.0. The summed E-state index contributed by atoms with van der Waals surface area (Å²) in [5.41, 5.74) is 4.13. The number of carbonyl (C=O) groups is 1. The number of urea groups is 1. The fourth-order valence-electron chi connectivity index (χ4n) is 2.55. The van der Waals surface area contributed by atoms with Gasteiger partial charge in [0.15, 0.2) is 0 Å². The molecule has 1 aromatic carbocycles. The van der Waals surface area contributed by atoms with Gasteiger partial charge in [-0.2, -0.15) is 5.10 Å². The van der Waals surface area contributed by atoms with Crippen molar-refractivity contribution in [3.05, 3.63) is 41.2 Å². The number of rotatable bonds is 6. The third kappa shape index (κ3) is 4.25. The van der Waals surface area contributed by atoms with Crippen LogP contribution in [0.2, 0.25) is 0 Å². The molecule has 0 unspecified atom stereocenters. The highest BCUT2D eigenvalue weighted by Gasteiger charge is 2.10. The Bertz CT molecular complexity index is 662. The maximum Gasteiger partial charge on any atom is 0.319 e. The first kappa shape index (κ1) is 16.9. The van der Waals surface area contributed by atoms with Crippen molar-refractivity contribution in [1.29, 1.82) is 0 Å². The monoisotopic (exact) mass is 316 g/mol. The quantitative estimate of drug-likeness (QED) is 0.861. The molecule has 0 atom stereocenters. The van der Waals surface area contributed by atoms with Crippen molar-refractivity contribution in [3.63, 3.8) is 0 Å². The van der Waals surface area contributed by atoms with Crippen molar-refractivity contribution in [3.8, 4) is 5.75 Å². The number of nitrogens with one attached hydrogen (secondary N) is 2. The molecule has 0 bridgehead atoms. The molecule has 2 rings (SSSR count). The number of anilines is 1. The van der Waals surface area contributed by atoms with E-state index in [0.29, 0.717) is 6.54 Å². The van der Waals surface area contributed by atoms with E-state index in [-0.39, 0.29) is 6.03 Å². The molecule has 0 radical (unpaired) electrons. The third-order valence-electron chi connectivity index (χ3n) is 3.84. The number of aromatic nitrogens is 2. The van der Waals surface area contributed by atoms with Gasteiger partial charge in [0, 0.05) is 24.5 Å². The summed E-state index contributed by atoms with van der Waals surface area (Å²) in [5.74, 6) is 0.759. The minimum absolute atomic E-state index is 0.214. The van der Waals surface area contributed by atoms with E-state index in [0.717, 1.165) is 30.1 Å². The molecule has 124 valence electrons. The van der Waals surface area contributed by atoms with E-state index in [4.69, 9.17) is 4.74 Å². The van der Waals surface area contributed by atoms with Crippen LogP contribution in [0, 0.1) is 13.8 Å². The van der Waals surface area contributed by atoms with Crippen molar-refractivity contribution in [2.45, 2.75) is 33.7 Å². The van der Waals surface area contributed by atoms with Gasteiger partial charge in [-0.3, -0.25) is 4.68 Å². The van der Waals surface area contributed by atoms with Crippen molar-refractivity contribution in [2.24, 2.45) is 0 Å². The van der Waals surface area contributed by atoms with Gasteiger partial charge in [-0.1, -0.05) is 0 Å². The summed E-state index contributed by atoms with van der Waals surface area (Å²) in [6.07, 6.45) is 0.772.